The lowest BCUT2D eigenvalue weighted by molar-refractivity contribution is 0.0812. The maximum absolute atomic E-state index is 9.26. The number of nitrogens with one attached hydrogen (secondary N) is 1. The lowest BCUT2D eigenvalue weighted by atomic mass is 9.82. The van der Waals surface area contributed by atoms with Crippen LogP contribution in [0.3, 0.4) is 0 Å². The van der Waals surface area contributed by atoms with Crippen LogP contribution in [0.5, 0.6) is 0 Å². The minimum absolute atomic E-state index is 0.352. The highest BCUT2D eigenvalue weighted by Crippen LogP contribution is 2.30. The van der Waals surface area contributed by atoms with Crippen molar-refractivity contribution in [3.63, 3.8) is 0 Å². The van der Waals surface area contributed by atoms with Gasteiger partial charge in [0.2, 0.25) is 0 Å². The van der Waals surface area contributed by atoms with Crippen LogP contribution in [0.4, 0.5) is 0 Å². The van der Waals surface area contributed by atoms with E-state index in [4.69, 9.17) is 0 Å². The molecule has 2 fully saturated rings. The van der Waals surface area contributed by atoms with E-state index in [0.29, 0.717) is 12.6 Å². The first kappa shape index (κ1) is 12.3. The van der Waals surface area contributed by atoms with Gasteiger partial charge >= 0.3 is 0 Å². The number of piperazine rings is 1. The Morgan fingerprint density at radius 2 is 1.81 bits per heavy atom. The Morgan fingerprint density at radius 3 is 2.44 bits per heavy atom. The van der Waals surface area contributed by atoms with Gasteiger partial charge in [0.05, 0.1) is 0 Å². The Hall–Kier alpha value is -0.120. The van der Waals surface area contributed by atoms with E-state index in [0.717, 1.165) is 25.4 Å². The summed E-state index contributed by atoms with van der Waals surface area (Å²) in [6, 6.07) is 0.646. The molecular formula is C13H26N2O. The largest absolute Gasteiger partial charge is 0.396 e. The minimum Gasteiger partial charge on any atom is -0.396 e. The van der Waals surface area contributed by atoms with Crippen LogP contribution in [-0.4, -0.2) is 48.8 Å². The van der Waals surface area contributed by atoms with Crippen molar-refractivity contribution in [2.45, 2.75) is 44.6 Å². The Labute approximate surface area is 99.2 Å². The molecule has 94 valence electrons. The average molecular weight is 226 g/mol. The number of aliphatic hydroxyl groups excluding tert-OH is 1. The molecule has 0 spiro atoms. The third kappa shape index (κ3) is 3.19. The van der Waals surface area contributed by atoms with E-state index >= 15 is 0 Å². The first-order chi connectivity index (χ1) is 7.92. The number of rotatable bonds is 4. The predicted octanol–water partition coefficient (Wildman–Crippen LogP) is 1.22. The topological polar surface area (TPSA) is 35.5 Å². The van der Waals surface area contributed by atoms with Gasteiger partial charge in [0.1, 0.15) is 0 Å². The van der Waals surface area contributed by atoms with Crippen LogP contribution in [0.15, 0.2) is 0 Å². The van der Waals surface area contributed by atoms with E-state index in [1.54, 1.807) is 0 Å². The summed E-state index contributed by atoms with van der Waals surface area (Å²) in [7, 11) is 0. The van der Waals surface area contributed by atoms with Gasteiger partial charge in [-0.25, -0.2) is 0 Å². The molecular weight excluding hydrogens is 200 g/mol. The molecule has 1 heterocycles. The van der Waals surface area contributed by atoms with E-state index in [2.05, 4.69) is 10.2 Å². The van der Waals surface area contributed by atoms with Crippen LogP contribution in [0, 0.1) is 5.92 Å². The zero-order chi connectivity index (χ0) is 11.2. The van der Waals surface area contributed by atoms with Gasteiger partial charge in [-0.3, -0.25) is 4.90 Å². The molecule has 16 heavy (non-hydrogen) atoms. The molecule has 0 amide bonds. The van der Waals surface area contributed by atoms with Gasteiger partial charge in [-0.05, 0) is 25.2 Å². The Morgan fingerprint density at radius 1 is 1.12 bits per heavy atom. The summed E-state index contributed by atoms with van der Waals surface area (Å²) in [5, 5.41) is 12.7. The third-order valence-corrected chi connectivity index (χ3v) is 4.24. The quantitative estimate of drug-likeness (QED) is 0.756. The van der Waals surface area contributed by atoms with Gasteiger partial charge in [-0.2, -0.15) is 0 Å². The molecule has 3 nitrogen and oxygen atoms in total. The van der Waals surface area contributed by atoms with Crippen LogP contribution in [0.25, 0.3) is 0 Å². The summed E-state index contributed by atoms with van der Waals surface area (Å²) in [6.45, 7) is 4.93. The second kappa shape index (κ2) is 6.58. The summed E-state index contributed by atoms with van der Waals surface area (Å²) in [5.41, 5.74) is 0. The first-order valence-electron chi connectivity index (χ1n) is 6.97. The molecule has 2 aliphatic rings. The Balaban J connectivity index is 1.91. The molecule has 2 rings (SSSR count). The van der Waals surface area contributed by atoms with Crippen molar-refractivity contribution in [2.24, 2.45) is 5.92 Å². The number of aliphatic hydroxyl groups is 1. The highest BCUT2D eigenvalue weighted by molar-refractivity contribution is 4.84. The van der Waals surface area contributed by atoms with Crippen molar-refractivity contribution in [1.29, 1.82) is 0 Å². The maximum atomic E-state index is 9.26. The summed E-state index contributed by atoms with van der Waals surface area (Å²) >= 11 is 0. The van der Waals surface area contributed by atoms with Crippen molar-refractivity contribution in [3.05, 3.63) is 0 Å². The maximum Gasteiger partial charge on any atom is 0.0446 e. The molecule has 0 aromatic heterocycles. The molecule has 1 aliphatic heterocycles. The van der Waals surface area contributed by atoms with Gasteiger partial charge in [-0.15, -0.1) is 0 Å². The van der Waals surface area contributed by atoms with Crippen LogP contribution in [-0.2, 0) is 0 Å². The zero-order valence-corrected chi connectivity index (χ0v) is 10.3. The number of nitrogens with zero attached hydrogens (tertiary/aromatic N) is 1. The molecule has 0 aromatic carbocycles. The summed E-state index contributed by atoms with van der Waals surface area (Å²) in [4.78, 5) is 2.61. The molecule has 1 atom stereocenters. The van der Waals surface area contributed by atoms with Crippen LogP contribution < -0.4 is 5.32 Å². The second-order valence-corrected chi connectivity index (χ2v) is 5.26. The molecule has 1 saturated heterocycles. The highest BCUT2D eigenvalue weighted by atomic mass is 16.3. The van der Waals surface area contributed by atoms with E-state index in [9.17, 15) is 5.11 Å². The van der Waals surface area contributed by atoms with Crippen molar-refractivity contribution in [1.82, 2.24) is 10.2 Å². The van der Waals surface area contributed by atoms with E-state index < -0.39 is 0 Å². The van der Waals surface area contributed by atoms with Crippen molar-refractivity contribution in [2.75, 3.05) is 32.8 Å². The molecule has 2 N–H and O–H groups in total. The lowest BCUT2D eigenvalue weighted by Crippen LogP contribution is -2.51. The first-order valence-corrected chi connectivity index (χ1v) is 6.97. The standard InChI is InChI=1S/C13H26N2O/c16-11-6-13(12-4-2-1-3-5-12)15-9-7-14-8-10-15/h12-14,16H,1-11H2. The fraction of sp³-hybridized carbons (Fsp3) is 1.00. The van der Waals surface area contributed by atoms with Crippen molar-refractivity contribution in [3.8, 4) is 0 Å². The van der Waals surface area contributed by atoms with Crippen LogP contribution >= 0.6 is 0 Å². The van der Waals surface area contributed by atoms with E-state index in [-0.39, 0.29) is 0 Å². The smallest absolute Gasteiger partial charge is 0.0446 e. The van der Waals surface area contributed by atoms with Gasteiger partial charge in [0.15, 0.2) is 0 Å². The highest BCUT2D eigenvalue weighted by Gasteiger charge is 2.28. The van der Waals surface area contributed by atoms with Gasteiger partial charge in [-0.1, -0.05) is 19.3 Å². The Bertz CT molecular complexity index is 168. The fourth-order valence-electron chi connectivity index (χ4n) is 3.38. The SMILES string of the molecule is OCCC(C1CCCCC1)N1CCNCC1. The number of hydrogen-bond donors (Lipinski definition) is 2. The van der Waals surface area contributed by atoms with Crippen LogP contribution in [0.1, 0.15) is 38.5 Å². The molecule has 0 aromatic rings. The monoisotopic (exact) mass is 226 g/mol. The van der Waals surface area contributed by atoms with Crippen LogP contribution in [0.2, 0.25) is 0 Å². The lowest BCUT2D eigenvalue weighted by Gasteiger charge is -2.40. The molecule has 0 radical (unpaired) electrons. The Kier molecular flexibility index (Phi) is 5.07. The van der Waals surface area contributed by atoms with Gasteiger partial charge in [0.25, 0.3) is 0 Å². The zero-order valence-electron chi connectivity index (χ0n) is 10.3. The summed E-state index contributed by atoms with van der Waals surface area (Å²) in [6.07, 6.45) is 7.97. The molecule has 1 aliphatic carbocycles. The fourth-order valence-corrected chi connectivity index (χ4v) is 3.38. The van der Waals surface area contributed by atoms with Gasteiger partial charge < -0.3 is 10.4 Å². The predicted molar refractivity (Wildman–Crippen MR) is 66.5 cm³/mol. The third-order valence-electron chi connectivity index (χ3n) is 4.24. The molecule has 0 bridgehead atoms. The summed E-state index contributed by atoms with van der Waals surface area (Å²) < 4.78 is 0. The van der Waals surface area contributed by atoms with Gasteiger partial charge in [0, 0.05) is 38.8 Å². The molecule has 3 heteroatoms. The summed E-state index contributed by atoms with van der Waals surface area (Å²) in [5.74, 6) is 0.846. The van der Waals surface area contributed by atoms with E-state index in [1.807, 2.05) is 0 Å². The normalized spacial score (nSPS) is 26.8. The van der Waals surface area contributed by atoms with Crippen molar-refractivity contribution >= 4 is 0 Å². The molecule has 1 saturated carbocycles. The second-order valence-electron chi connectivity index (χ2n) is 5.26. The minimum atomic E-state index is 0.352. The molecule has 1 unspecified atom stereocenters. The average Bonchev–Trinajstić information content (AvgIpc) is 2.38. The number of hydrogen-bond acceptors (Lipinski definition) is 3. The van der Waals surface area contributed by atoms with Crippen molar-refractivity contribution < 1.29 is 5.11 Å². The van der Waals surface area contributed by atoms with E-state index in [1.165, 1.54) is 45.2 Å².